The van der Waals surface area contributed by atoms with Crippen molar-refractivity contribution in [2.45, 2.75) is 150 Å². The molecule has 2 fully saturated rings. The molecule has 0 radical (unpaired) electrons. The Balaban J connectivity index is 2.30. The predicted molar refractivity (Wildman–Crippen MR) is 205 cm³/mol. The van der Waals surface area contributed by atoms with E-state index in [1.165, 1.54) is 11.0 Å². The molecule has 1 aliphatic carbocycles. The molecule has 4 unspecified atom stereocenters. The molecular formula is C40H68N6O6. The van der Waals surface area contributed by atoms with Gasteiger partial charge in [0.15, 0.2) is 0 Å². The van der Waals surface area contributed by atoms with Gasteiger partial charge in [-0.2, -0.15) is 0 Å². The highest BCUT2D eigenvalue weighted by Crippen LogP contribution is 2.40. The number of hydrogen-bond donors (Lipinski definition) is 5. The summed E-state index contributed by atoms with van der Waals surface area (Å²) in [6.07, 6.45) is 15.4. The number of hydrogen-bond acceptors (Lipinski definition) is 7. The Morgan fingerprint density at radius 3 is 2.25 bits per heavy atom. The molecule has 0 bridgehead atoms. The van der Waals surface area contributed by atoms with Crippen LogP contribution in [0.5, 0.6) is 0 Å². The minimum absolute atomic E-state index is 0.0743. The quantitative estimate of drug-likeness (QED) is 0.0542. The van der Waals surface area contributed by atoms with Crippen molar-refractivity contribution in [1.82, 2.24) is 31.1 Å². The number of aliphatic hydroxyl groups excluding tert-OH is 1. The van der Waals surface area contributed by atoms with E-state index in [0.717, 1.165) is 51.4 Å². The number of aliphatic hydroxyl groups is 1. The lowest BCUT2D eigenvalue weighted by Gasteiger charge is -2.43. The van der Waals surface area contributed by atoms with Gasteiger partial charge in [-0.1, -0.05) is 86.6 Å². The third-order valence-corrected chi connectivity index (χ3v) is 11.6. The van der Waals surface area contributed by atoms with Crippen LogP contribution in [0.15, 0.2) is 12.7 Å². The summed E-state index contributed by atoms with van der Waals surface area (Å²) < 4.78 is 0. The summed E-state index contributed by atoms with van der Waals surface area (Å²) in [5, 5.41) is 21.6. The van der Waals surface area contributed by atoms with Gasteiger partial charge < -0.3 is 31.3 Å². The van der Waals surface area contributed by atoms with Gasteiger partial charge in [-0.3, -0.25) is 24.1 Å². The third-order valence-electron chi connectivity index (χ3n) is 11.6. The number of likely N-dealkylation sites (tertiary alicyclic amines) is 1. The largest absolute Gasteiger partial charge is 0.381 e. The van der Waals surface area contributed by atoms with Crippen molar-refractivity contribution < 1.29 is 29.1 Å². The average Bonchev–Trinajstić information content (AvgIpc) is 3.62. The van der Waals surface area contributed by atoms with Crippen molar-refractivity contribution >= 4 is 29.5 Å². The van der Waals surface area contributed by atoms with Crippen LogP contribution in [0.4, 0.5) is 4.79 Å². The number of carbonyl (C=O) groups is 5. The zero-order chi connectivity index (χ0) is 39.1. The van der Waals surface area contributed by atoms with Crippen LogP contribution in [0.2, 0.25) is 0 Å². The highest BCUT2D eigenvalue weighted by Gasteiger charge is 2.47. The van der Waals surface area contributed by atoms with Gasteiger partial charge in [0.2, 0.25) is 17.6 Å². The molecule has 5 N–H and O–H groups in total. The lowest BCUT2D eigenvalue weighted by Crippen LogP contribution is -2.63. The monoisotopic (exact) mass is 729 g/mol. The fourth-order valence-electron chi connectivity index (χ4n) is 7.20. The van der Waals surface area contributed by atoms with Gasteiger partial charge in [0, 0.05) is 38.6 Å². The number of amides is 5. The van der Waals surface area contributed by atoms with Crippen LogP contribution in [0.3, 0.4) is 0 Å². The molecule has 0 aromatic heterocycles. The molecule has 12 nitrogen and oxygen atoms in total. The lowest BCUT2D eigenvalue weighted by molar-refractivity contribution is -0.144. The van der Waals surface area contributed by atoms with Crippen LogP contribution in [0.1, 0.15) is 126 Å². The fourth-order valence-corrected chi connectivity index (χ4v) is 7.20. The van der Waals surface area contributed by atoms with Crippen molar-refractivity contribution in [2.24, 2.45) is 16.2 Å². The van der Waals surface area contributed by atoms with E-state index in [1.54, 1.807) is 0 Å². The first-order chi connectivity index (χ1) is 24.5. The fraction of sp³-hybridized carbons (Fsp3) is 0.775. The van der Waals surface area contributed by atoms with Crippen molar-refractivity contribution in [1.29, 1.82) is 0 Å². The van der Waals surface area contributed by atoms with Crippen LogP contribution in [0.25, 0.3) is 0 Å². The second-order valence-electron chi connectivity index (χ2n) is 16.5. The highest BCUT2D eigenvalue weighted by atomic mass is 16.3. The molecule has 1 saturated heterocycles. The average molecular weight is 729 g/mol. The second-order valence-corrected chi connectivity index (χ2v) is 16.5. The van der Waals surface area contributed by atoms with Gasteiger partial charge in [-0.25, -0.2) is 4.79 Å². The van der Waals surface area contributed by atoms with Gasteiger partial charge in [0.05, 0.1) is 12.8 Å². The molecule has 294 valence electrons. The number of terminal acetylenes is 1. The molecule has 4 atom stereocenters. The molecule has 52 heavy (non-hydrogen) atoms. The van der Waals surface area contributed by atoms with Crippen LogP contribution >= 0.6 is 0 Å². The molecule has 0 aromatic carbocycles. The topological polar surface area (TPSA) is 160 Å². The van der Waals surface area contributed by atoms with Crippen LogP contribution < -0.4 is 21.3 Å². The molecule has 1 aliphatic heterocycles. The molecule has 5 amide bonds. The van der Waals surface area contributed by atoms with Crippen molar-refractivity contribution in [3.05, 3.63) is 12.7 Å². The van der Waals surface area contributed by atoms with Gasteiger partial charge in [0.1, 0.15) is 12.1 Å². The smallest absolute Gasteiger partial charge is 0.315 e. The summed E-state index contributed by atoms with van der Waals surface area (Å²) in [6, 6.07) is -3.72. The van der Waals surface area contributed by atoms with E-state index < -0.39 is 47.2 Å². The van der Waals surface area contributed by atoms with E-state index in [9.17, 15) is 29.1 Å². The first kappa shape index (κ1) is 44.7. The number of rotatable bonds is 20. The van der Waals surface area contributed by atoms with Gasteiger partial charge in [-0.05, 0) is 54.8 Å². The van der Waals surface area contributed by atoms with E-state index >= 15 is 0 Å². The third kappa shape index (κ3) is 12.9. The number of nitrogens with one attached hydrogen (secondary N) is 4. The normalized spacial score (nSPS) is 19.2. The molecule has 0 spiro atoms. The Morgan fingerprint density at radius 2 is 1.69 bits per heavy atom. The van der Waals surface area contributed by atoms with E-state index in [0.29, 0.717) is 32.5 Å². The first-order valence-electron chi connectivity index (χ1n) is 19.4. The summed E-state index contributed by atoms with van der Waals surface area (Å²) in [4.78, 5) is 71.1. The maximum Gasteiger partial charge on any atom is 0.315 e. The maximum atomic E-state index is 14.6. The number of nitrogens with zero attached hydrogens (tertiary/aromatic N) is 2. The standard InChI is InChI=1S/C40H68N6O6/c1-10-14-19-29(32(48)35(50)41-24-11-2)42-34(49)30-20-18-25-46(30)36(51)33(40(9)21-16-15-17-22-40)44-37(52)43-31(38(5,6)7)27-45(28-47)26-23-39(8,12-3)13-4/h1,11,29-31,33,47H,2,12-28H2,3-9H3,(H,41,50)(H,42,49)(H2,43,44,52). The second kappa shape index (κ2) is 20.7. The summed E-state index contributed by atoms with van der Waals surface area (Å²) in [6.45, 7) is 19.7. The SMILES string of the molecule is C#CCCC(NC(=O)C1CCCN1C(=O)C(NC(=O)NC(CN(CO)CCC(C)(CC)CC)C(C)(C)C)C1(C)CCCCC1)C(=O)C(=O)NCC=C. The zero-order valence-electron chi connectivity index (χ0n) is 33.1. The molecular weight excluding hydrogens is 660 g/mol. The number of urea groups is 1. The van der Waals surface area contributed by atoms with E-state index in [4.69, 9.17) is 6.42 Å². The lowest BCUT2D eigenvalue weighted by atomic mass is 9.70. The Labute approximate surface area is 313 Å². The van der Waals surface area contributed by atoms with Crippen molar-refractivity contribution in [3.8, 4) is 12.3 Å². The zero-order valence-corrected chi connectivity index (χ0v) is 33.1. The molecule has 0 aromatic rings. The Morgan fingerprint density at radius 1 is 1.04 bits per heavy atom. The van der Waals surface area contributed by atoms with E-state index in [1.807, 2.05) is 32.6 Å². The predicted octanol–water partition coefficient (Wildman–Crippen LogP) is 4.27. The molecule has 12 heteroatoms. The highest BCUT2D eigenvalue weighted by molar-refractivity contribution is 6.38. The Hall–Kier alpha value is -3.43. The van der Waals surface area contributed by atoms with Gasteiger partial charge in [-0.15, -0.1) is 18.9 Å². The first-order valence-corrected chi connectivity index (χ1v) is 19.4. The molecule has 1 heterocycles. The maximum absolute atomic E-state index is 14.6. The van der Waals surface area contributed by atoms with Gasteiger partial charge in [0.25, 0.3) is 5.91 Å². The number of carbonyl (C=O) groups excluding carboxylic acids is 5. The summed E-state index contributed by atoms with van der Waals surface area (Å²) in [7, 11) is 0. The summed E-state index contributed by atoms with van der Waals surface area (Å²) in [5.41, 5.74) is -0.725. The number of Topliss-reactive ketones (excluding diaryl/α,β-unsaturated/α-hetero) is 1. The van der Waals surface area contributed by atoms with Crippen molar-refractivity contribution in [3.63, 3.8) is 0 Å². The summed E-state index contributed by atoms with van der Waals surface area (Å²) in [5.74, 6) is -0.0805. The summed E-state index contributed by atoms with van der Waals surface area (Å²) >= 11 is 0. The molecule has 2 aliphatic rings. The molecule has 1 saturated carbocycles. The van der Waals surface area contributed by atoms with Crippen LogP contribution in [0, 0.1) is 28.6 Å². The van der Waals surface area contributed by atoms with Crippen LogP contribution in [-0.2, 0) is 19.2 Å². The Bertz CT molecular complexity index is 1260. The minimum Gasteiger partial charge on any atom is -0.381 e. The minimum atomic E-state index is -1.15. The number of ketones is 1. The van der Waals surface area contributed by atoms with E-state index in [-0.39, 0.29) is 48.9 Å². The Kier molecular flexibility index (Phi) is 17.8. The van der Waals surface area contributed by atoms with E-state index in [2.05, 4.69) is 54.5 Å². The molecule has 2 rings (SSSR count). The van der Waals surface area contributed by atoms with Gasteiger partial charge >= 0.3 is 6.03 Å². The van der Waals surface area contributed by atoms with Crippen LogP contribution in [-0.4, -0.2) is 102 Å². The van der Waals surface area contributed by atoms with Crippen molar-refractivity contribution in [2.75, 3.05) is 32.9 Å².